The first-order valence-electron chi connectivity index (χ1n) is 18.5. The molecule has 3 unspecified atom stereocenters. The van der Waals surface area contributed by atoms with E-state index in [1.165, 1.54) is 5.57 Å². The highest BCUT2D eigenvalue weighted by Gasteiger charge is 2.44. The number of hydrogen-bond donors (Lipinski definition) is 0. The fourth-order valence-corrected chi connectivity index (χ4v) is 8.61. The Morgan fingerprint density at radius 2 is 1.69 bits per heavy atom. The van der Waals surface area contributed by atoms with E-state index in [1.807, 2.05) is 49.4 Å². The Kier molecular flexibility index (Phi) is 9.99. The van der Waals surface area contributed by atoms with Crippen molar-refractivity contribution in [3.05, 3.63) is 179 Å². The molecule has 7 rings (SSSR count). The Bertz CT molecular complexity index is 2670. The molecule has 0 saturated carbocycles. The van der Waals surface area contributed by atoms with E-state index in [4.69, 9.17) is 6.42 Å². The van der Waals surface area contributed by atoms with Crippen molar-refractivity contribution in [1.82, 2.24) is 4.57 Å². The molecule has 266 valence electrons. The Balaban J connectivity index is 1.29. The van der Waals surface area contributed by atoms with Crippen molar-refractivity contribution >= 4 is 33.1 Å². The van der Waals surface area contributed by atoms with E-state index in [9.17, 15) is 15.8 Å². The first-order chi connectivity index (χ1) is 26.8. The summed E-state index contributed by atoms with van der Waals surface area (Å²) in [5, 5.41) is 32.7. The molecule has 2 heterocycles. The quantitative estimate of drug-likeness (QED) is 0.141. The van der Waals surface area contributed by atoms with E-state index in [0.717, 1.165) is 50.6 Å². The number of aromatic nitrogens is 1. The van der Waals surface area contributed by atoms with Crippen molar-refractivity contribution in [1.29, 1.82) is 15.8 Å². The van der Waals surface area contributed by atoms with Gasteiger partial charge in [-0.2, -0.15) is 15.8 Å². The van der Waals surface area contributed by atoms with Crippen molar-refractivity contribution in [2.75, 3.05) is 4.90 Å². The number of nitriles is 3. The predicted octanol–water partition coefficient (Wildman–Crippen LogP) is 11.5. The number of para-hydroxylation sites is 1. The lowest BCUT2D eigenvalue weighted by Gasteiger charge is -2.34. The molecule has 0 radical (unpaired) electrons. The minimum Gasteiger partial charge on any atom is -0.332 e. The Morgan fingerprint density at radius 1 is 0.909 bits per heavy atom. The predicted molar refractivity (Wildman–Crippen MR) is 225 cm³/mol. The van der Waals surface area contributed by atoms with E-state index in [-0.39, 0.29) is 23.4 Å². The van der Waals surface area contributed by atoms with Gasteiger partial charge in [0.1, 0.15) is 6.07 Å². The van der Waals surface area contributed by atoms with Crippen molar-refractivity contribution in [3.8, 4) is 30.6 Å². The highest BCUT2D eigenvalue weighted by molar-refractivity contribution is 6.08. The molecule has 55 heavy (non-hydrogen) atoms. The molecule has 0 fully saturated rings. The number of allylic oxidation sites excluding steroid dienone is 14. The summed E-state index contributed by atoms with van der Waals surface area (Å²) in [5.41, 5.74) is 9.08. The van der Waals surface area contributed by atoms with Crippen LogP contribution in [0.1, 0.15) is 61.9 Å². The molecule has 5 nitrogen and oxygen atoms in total. The number of terminal acetylenes is 1. The Hall–Kier alpha value is -7.05. The molecular weight excluding hydrogens is 671 g/mol. The van der Waals surface area contributed by atoms with Gasteiger partial charge in [0.2, 0.25) is 0 Å². The second kappa shape index (κ2) is 15.1. The molecule has 0 saturated heterocycles. The van der Waals surface area contributed by atoms with Crippen LogP contribution in [0.25, 0.3) is 27.4 Å². The van der Waals surface area contributed by atoms with Gasteiger partial charge >= 0.3 is 0 Å². The fourth-order valence-electron chi connectivity index (χ4n) is 8.61. The normalized spacial score (nSPS) is 23.0. The molecule has 3 aromatic carbocycles. The lowest BCUT2D eigenvalue weighted by molar-refractivity contribution is 0.428. The number of benzene rings is 3. The lowest BCUT2D eigenvalue weighted by Crippen LogP contribution is -2.37. The first-order valence-corrected chi connectivity index (χ1v) is 18.5. The molecule has 0 N–H and O–H groups in total. The smallest absolute Gasteiger partial charge is 0.101 e. The zero-order valence-corrected chi connectivity index (χ0v) is 31.4. The third-order valence-corrected chi connectivity index (χ3v) is 11.1. The topological polar surface area (TPSA) is 79.5 Å². The molecule has 1 aromatic heterocycles. The first kappa shape index (κ1) is 36.3. The van der Waals surface area contributed by atoms with E-state index in [0.29, 0.717) is 28.8 Å². The van der Waals surface area contributed by atoms with Gasteiger partial charge in [-0.1, -0.05) is 117 Å². The molecule has 0 amide bonds. The van der Waals surface area contributed by atoms with Crippen LogP contribution in [-0.4, -0.2) is 10.6 Å². The number of hydrogen-bond acceptors (Lipinski definition) is 4. The summed E-state index contributed by atoms with van der Waals surface area (Å²) >= 11 is 0. The van der Waals surface area contributed by atoms with Gasteiger partial charge in [-0.15, -0.1) is 6.42 Å². The summed E-state index contributed by atoms with van der Waals surface area (Å²) < 4.78 is 2.42. The molecule has 5 heteroatoms. The van der Waals surface area contributed by atoms with Crippen LogP contribution in [0, 0.1) is 57.7 Å². The third-order valence-electron chi connectivity index (χ3n) is 11.1. The molecule has 4 aromatic rings. The molecule has 2 aliphatic carbocycles. The van der Waals surface area contributed by atoms with E-state index in [2.05, 4.69) is 133 Å². The summed E-state index contributed by atoms with van der Waals surface area (Å²) in [7, 11) is 0. The van der Waals surface area contributed by atoms with E-state index >= 15 is 0 Å². The third kappa shape index (κ3) is 6.28. The molecule has 0 bridgehead atoms. The van der Waals surface area contributed by atoms with E-state index in [1.54, 1.807) is 12.1 Å². The van der Waals surface area contributed by atoms with Crippen LogP contribution in [0.4, 0.5) is 5.69 Å². The highest BCUT2D eigenvalue weighted by Crippen LogP contribution is 2.49. The zero-order valence-electron chi connectivity index (χ0n) is 31.4. The monoisotopic (exact) mass is 711 g/mol. The molecule has 1 aliphatic heterocycles. The van der Waals surface area contributed by atoms with Crippen LogP contribution in [0.3, 0.4) is 0 Å². The maximum atomic E-state index is 10.4. The van der Waals surface area contributed by atoms with Gasteiger partial charge in [0.25, 0.3) is 0 Å². The van der Waals surface area contributed by atoms with Crippen molar-refractivity contribution < 1.29 is 0 Å². The molecule has 0 spiro atoms. The standard InChI is InChI=1S/C50H41N5/c1-6-9-25-49-50(4,5)43(8-3)47(16-7-2)55(49)48-30-41(37(32-52)29-38(48)33-53)36-19-14-17-35(18-15-20-36)39-21-10-12-23-44(39)54-45-24-13-11-22-40(45)42-28-34(31-51)26-27-46(42)54/h1,7-14,16,18-30,39,44,49H,3,15,17H2,2,4-5H3/b16-7-,19-14-,25-9-,35-18+,36-20-. The summed E-state index contributed by atoms with van der Waals surface area (Å²) in [6.45, 7) is 10.4. The maximum absolute atomic E-state index is 10.4. The number of anilines is 1. The molecular formula is C50H41N5. The van der Waals surface area contributed by atoms with Crippen molar-refractivity contribution in [3.63, 3.8) is 0 Å². The fraction of sp³-hybridized carbons (Fsp3) is 0.180. The van der Waals surface area contributed by atoms with Gasteiger partial charge in [0.15, 0.2) is 0 Å². The van der Waals surface area contributed by atoms with Crippen molar-refractivity contribution in [2.24, 2.45) is 11.3 Å². The van der Waals surface area contributed by atoms with Crippen LogP contribution < -0.4 is 4.90 Å². The summed E-state index contributed by atoms with van der Waals surface area (Å²) in [6, 6.07) is 25.0. The molecule has 3 aliphatic rings. The summed E-state index contributed by atoms with van der Waals surface area (Å²) in [4.78, 5) is 2.16. The lowest BCUT2D eigenvalue weighted by atomic mass is 9.79. The average molecular weight is 712 g/mol. The van der Waals surface area contributed by atoms with Gasteiger partial charge in [0, 0.05) is 44.4 Å². The molecule has 3 atom stereocenters. The number of nitrogens with zero attached hydrogens (tertiary/aromatic N) is 5. The Labute approximate surface area is 324 Å². The number of rotatable bonds is 7. The number of fused-ring (bicyclic) bond motifs is 3. The van der Waals surface area contributed by atoms with Gasteiger partial charge in [-0.05, 0) is 79.5 Å². The van der Waals surface area contributed by atoms with E-state index < -0.39 is 0 Å². The van der Waals surface area contributed by atoms with Crippen LogP contribution in [0.15, 0.2) is 157 Å². The van der Waals surface area contributed by atoms with Gasteiger partial charge in [-0.3, -0.25) is 0 Å². The maximum Gasteiger partial charge on any atom is 0.101 e. The van der Waals surface area contributed by atoms with Gasteiger partial charge in [0.05, 0.1) is 46.6 Å². The zero-order chi connectivity index (χ0) is 38.7. The van der Waals surface area contributed by atoms with Crippen molar-refractivity contribution in [2.45, 2.75) is 45.7 Å². The van der Waals surface area contributed by atoms with Crippen LogP contribution >= 0.6 is 0 Å². The SMILES string of the molecule is C#C/C=C\C1N(c2cc(C3=C\C/C=C(/C4C=CC=CC4n4c5ccccc5c5cc(C#N)ccc54)C/C=C\3)c(C#N)cc2C#N)C(/C=C\C)=C(C=C)C1(C)C. The van der Waals surface area contributed by atoms with Crippen LogP contribution in [0.5, 0.6) is 0 Å². The largest absolute Gasteiger partial charge is 0.332 e. The van der Waals surface area contributed by atoms with Crippen LogP contribution in [0.2, 0.25) is 0 Å². The highest BCUT2D eigenvalue weighted by atomic mass is 15.2. The second-order valence-corrected chi connectivity index (χ2v) is 14.5. The summed E-state index contributed by atoms with van der Waals surface area (Å²) in [6.07, 6.45) is 34.3. The summed E-state index contributed by atoms with van der Waals surface area (Å²) in [5.74, 6) is 2.75. The van der Waals surface area contributed by atoms with Gasteiger partial charge < -0.3 is 9.47 Å². The van der Waals surface area contributed by atoms with Crippen LogP contribution in [-0.2, 0) is 0 Å². The van der Waals surface area contributed by atoms with Gasteiger partial charge in [-0.25, -0.2) is 0 Å². The minimum absolute atomic E-state index is 0.0372. The average Bonchev–Trinajstić information content (AvgIpc) is 3.63. The Morgan fingerprint density at radius 3 is 2.44 bits per heavy atom. The minimum atomic E-state index is -0.370. The second-order valence-electron chi connectivity index (χ2n) is 14.5.